The van der Waals surface area contributed by atoms with Crippen LogP contribution in [0.5, 0.6) is 0 Å². The van der Waals surface area contributed by atoms with Gasteiger partial charge in [-0.1, -0.05) is 54.6 Å². The summed E-state index contributed by atoms with van der Waals surface area (Å²) in [4.78, 5) is 32.9. The molecular formula is C33H37ClN6O5S. The van der Waals surface area contributed by atoms with Gasteiger partial charge in [0, 0.05) is 63.6 Å². The average Bonchev–Trinajstić information content (AvgIpc) is 3.40. The van der Waals surface area contributed by atoms with Crippen molar-refractivity contribution in [3.8, 4) is 16.9 Å². The third-order valence-electron chi connectivity index (χ3n) is 8.28. The van der Waals surface area contributed by atoms with E-state index in [2.05, 4.69) is 10.2 Å². The van der Waals surface area contributed by atoms with Gasteiger partial charge in [0.15, 0.2) is 0 Å². The first-order chi connectivity index (χ1) is 22.4. The second-order valence-corrected chi connectivity index (χ2v) is 13.6. The highest BCUT2D eigenvalue weighted by Crippen LogP contribution is 2.30. The summed E-state index contributed by atoms with van der Waals surface area (Å²) < 4.78 is 35.5. The van der Waals surface area contributed by atoms with Crippen molar-refractivity contribution >= 4 is 33.4 Å². The molecule has 2 aliphatic heterocycles. The van der Waals surface area contributed by atoms with Crippen LogP contribution in [0.1, 0.15) is 16.9 Å². The average molecular weight is 665 g/mol. The molecule has 1 amide bonds. The molecular weight excluding hydrogens is 628 g/mol. The number of ether oxygens (including phenoxy) is 1. The molecule has 1 N–H and O–H groups in total. The highest BCUT2D eigenvalue weighted by Gasteiger charge is 2.31. The first-order valence-electron chi connectivity index (χ1n) is 15.4. The molecule has 2 aliphatic rings. The molecule has 13 heteroatoms. The van der Waals surface area contributed by atoms with Crippen molar-refractivity contribution < 1.29 is 17.9 Å². The molecule has 1 aromatic heterocycles. The van der Waals surface area contributed by atoms with E-state index in [-0.39, 0.29) is 41.7 Å². The molecule has 242 valence electrons. The topological polar surface area (TPSA) is 109 Å². The fraction of sp³-hybridized carbons (Fsp3) is 0.333. The van der Waals surface area contributed by atoms with Crippen LogP contribution < -0.4 is 15.9 Å². The number of hydrogen-bond acceptors (Lipinski definition) is 7. The number of nitrogens with zero attached hydrogens (tertiary/aromatic N) is 5. The molecule has 4 aromatic rings. The molecule has 3 heterocycles. The lowest BCUT2D eigenvalue weighted by molar-refractivity contribution is 0.0725. The van der Waals surface area contributed by atoms with Crippen molar-refractivity contribution in [2.75, 3.05) is 63.9 Å². The van der Waals surface area contributed by atoms with E-state index in [4.69, 9.17) is 16.5 Å². The van der Waals surface area contributed by atoms with Crippen LogP contribution in [0, 0.1) is 0 Å². The molecule has 2 fully saturated rings. The van der Waals surface area contributed by atoms with Crippen LogP contribution in [-0.2, 0) is 21.3 Å². The number of imidazole rings is 1. The maximum absolute atomic E-state index is 14.5. The Labute approximate surface area is 273 Å². The summed E-state index contributed by atoms with van der Waals surface area (Å²) in [5.74, 6) is -0.250. The van der Waals surface area contributed by atoms with Gasteiger partial charge in [0.25, 0.3) is 15.9 Å². The van der Waals surface area contributed by atoms with Gasteiger partial charge in [-0.2, -0.15) is 0 Å². The van der Waals surface area contributed by atoms with Crippen LogP contribution in [0.15, 0.2) is 94.6 Å². The fourth-order valence-electron chi connectivity index (χ4n) is 5.92. The number of carbonyl (C=O) groups excluding carboxylic acids is 1. The fourth-order valence-corrected chi connectivity index (χ4v) is 7.38. The Hall–Kier alpha value is -3.94. The highest BCUT2D eigenvalue weighted by molar-refractivity contribution is 7.90. The van der Waals surface area contributed by atoms with E-state index in [0.717, 1.165) is 28.2 Å². The number of amides is 1. The summed E-state index contributed by atoms with van der Waals surface area (Å²) >= 11 is 6.31. The van der Waals surface area contributed by atoms with E-state index >= 15 is 0 Å². The summed E-state index contributed by atoms with van der Waals surface area (Å²) in [5.41, 5.74) is 2.68. The minimum Gasteiger partial charge on any atom is -0.378 e. The van der Waals surface area contributed by atoms with Crippen LogP contribution >= 0.6 is 11.8 Å². The number of nitrogens with one attached hydrogen (secondary N) is 1. The number of benzene rings is 3. The molecule has 6 rings (SSSR count). The van der Waals surface area contributed by atoms with Gasteiger partial charge in [0.05, 0.1) is 29.5 Å². The van der Waals surface area contributed by atoms with Crippen molar-refractivity contribution in [2.24, 2.45) is 0 Å². The first kappa shape index (κ1) is 32.0. The van der Waals surface area contributed by atoms with E-state index < -0.39 is 10.0 Å². The number of hydrogen-bond donors (Lipinski definition) is 1. The lowest BCUT2D eigenvalue weighted by Gasteiger charge is -2.29. The Balaban J connectivity index is 1.43. The van der Waals surface area contributed by atoms with Crippen molar-refractivity contribution in [3.63, 3.8) is 0 Å². The zero-order valence-electron chi connectivity index (χ0n) is 25.4. The second kappa shape index (κ2) is 14.2. The summed E-state index contributed by atoms with van der Waals surface area (Å²) in [6.45, 7) is 5.03. The first-order valence-corrected chi connectivity index (χ1v) is 17.2. The Morgan fingerprint density at radius 2 is 1.52 bits per heavy atom. The van der Waals surface area contributed by atoms with Gasteiger partial charge in [0.1, 0.15) is 5.69 Å². The van der Waals surface area contributed by atoms with Crippen molar-refractivity contribution in [3.05, 3.63) is 101 Å². The van der Waals surface area contributed by atoms with Gasteiger partial charge in [-0.05, 0) is 48.5 Å². The number of rotatable bonds is 10. The molecule has 0 radical (unpaired) electrons. The normalized spacial score (nSPS) is 15.8. The Morgan fingerprint density at radius 3 is 2.22 bits per heavy atom. The van der Waals surface area contributed by atoms with E-state index in [0.29, 0.717) is 50.8 Å². The van der Waals surface area contributed by atoms with E-state index in [9.17, 15) is 18.0 Å². The van der Waals surface area contributed by atoms with Gasteiger partial charge in [-0.15, -0.1) is 3.82 Å². The smallest absolute Gasteiger partial charge is 0.333 e. The van der Waals surface area contributed by atoms with Crippen LogP contribution in [0.4, 0.5) is 5.69 Å². The summed E-state index contributed by atoms with van der Waals surface area (Å²) in [7, 11) is -3.94. The van der Waals surface area contributed by atoms with Crippen LogP contribution in [0.2, 0.25) is 0 Å². The maximum Gasteiger partial charge on any atom is 0.333 e. The third kappa shape index (κ3) is 6.62. The largest absolute Gasteiger partial charge is 0.378 e. The lowest BCUT2D eigenvalue weighted by Crippen LogP contribution is -2.47. The van der Waals surface area contributed by atoms with Gasteiger partial charge >= 0.3 is 5.69 Å². The molecule has 3 aromatic carbocycles. The number of morpholine rings is 1. The third-order valence-corrected chi connectivity index (χ3v) is 10.6. The Morgan fingerprint density at radius 1 is 0.870 bits per heavy atom. The number of sulfonamides is 1. The van der Waals surface area contributed by atoms with Crippen molar-refractivity contribution in [2.45, 2.75) is 17.9 Å². The van der Waals surface area contributed by atoms with E-state index in [1.807, 2.05) is 54.6 Å². The SMILES string of the molecule is O=C(c1c(-c2ccccc2)n(-c2cccc(N3CCOCC3)c2)c(=O)n1CCCN(Cl)S(=O)(=O)c1ccccc1)N1CCNCC1. The quantitative estimate of drug-likeness (QED) is 0.259. The van der Waals surface area contributed by atoms with Crippen LogP contribution in [0.25, 0.3) is 16.9 Å². The maximum atomic E-state index is 14.5. The molecule has 0 unspecified atom stereocenters. The van der Waals surface area contributed by atoms with Crippen molar-refractivity contribution in [1.29, 1.82) is 0 Å². The molecule has 0 aliphatic carbocycles. The number of anilines is 1. The molecule has 46 heavy (non-hydrogen) atoms. The van der Waals surface area contributed by atoms with Crippen LogP contribution in [0.3, 0.4) is 0 Å². The monoisotopic (exact) mass is 664 g/mol. The van der Waals surface area contributed by atoms with Gasteiger partial charge in [0.2, 0.25) is 0 Å². The number of carbonyl (C=O) groups is 1. The highest BCUT2D eigenvalue weighted by atomic mass is 35.5. The molecule has 0 atom stereocenters. The lowest BCUT2D eigenvalue weighted by atomic mass is 10.1. The molecule has 11 nitrogen and oxygen atoms in total. The predicted molar refractivity (Wildman–Crippen MR) is 178 cm³/mol. The van der Waals surface area contributed by atoms with Gasteiger partial charge in [-0.25, -0.2) is 13.2 Å². The zero-order valence-corrected chi connectivity index (χ0v) is 27.0. The Bertz CT molecular complexity index is 1820. The zero-order chi connectivity index (χ0) is 32.1. The summed E-state index contributed by atoms with van der Waals surface area (Å²) in [5, 5.41) is 3.28. The molecule has 0 saturated carbocycles. The minimum absolute atomic E-state index is 0.0646. The predicted octanol–water partition coefficient (Wildman–Crippen LogP) is 3.42. The molecule has 0 bridgehead atoms. The van der Waals surface area contributed by atoms with E-state index in [1.54, 1.807) is 27.7 Å². The minimum atomic E-state index is -3.94. The van der Waals surface area contributed by atoms with Crippen molar-refractivity contribution in [1.82, 2.24) is 23.2 Å². The number of halogens is 1. The van der Waals surface area contributed by atoms with E-state index in [1.165, 1.54) is 16.7 Å². The number of piperazine rings is 1. The standard InChI is InChI=1S/C33H37ClN6O5S/c34-39(46(43,44)29-13-5-2-6-14-29)18-8-17-38-31(32(41)37-19-15-35-16-20-37)30(26-9-3-1-4-10-26)40(33(38)42)28-12-7-11-27(25-28)36-21-23-45-24-22-36/h1-7,9-14,25,35H,8,15-24H2. The second-order valence-electron chi connectivity index (χ2n) is 11.2. The van der Waals surface area contributed by atoms with Crippen LogP contribution in [-0.4, -0.2) is 91.2 Å². The number of aromatic nitrogens is 2. The van der Waals surface area contributed by atoms with Gasteiger partial charge in [-0.3, -0.25) is 13.9 Å². The summed E-state index contributed by atoms with van der Waals surface area (Å²) in [6.07, 6.45) is 0.198. The molecule has 2 saturated heterocycles. The van der Waals surface area contributed by atoms with Gasteiger partial charge < -0.3 is 19.9 Å². The Kier molecular flexibility index (Phi) is 9.90. The molecule has 0 spiro atoms. The summed E-state index contributed by atoms with van der Waals surface area (Å²) in [6, 6.07) is 25.1.